The fourth-order valence-corrected chi connectivity index (χ4v) is 1.81. The average Bonchev–Trinajstić information content (AvgIpc) is 2.99. The molecule has 1 aromatic heterocycles. The molecule has 0 radical (unpaired) electrons. The van der Waals surface area contributed by atoms with Crippen LogP contribution < -0.4 is 16.0 Å². The Labute approximate surface area is 149 Å². The van der Waals surface area contributed by atoms with Crippen molar-refractivity contribution in [2.24, 2.45) is 4.99 Å². The first-order valence-corrected chi connectivity index (χ1v) is 8.42. The van der Waals surface area contributed by atoms with E-state index < -0.39 is 11.7 Å². The number of rotatable bonds is 8. The molecular formula is C18H30N4O3. The van der Waals surface area contributed by atoms with Crippen LogP contribution >= 0.6 is 0 Å². The van der Waals surface area contributed by atoms with E-state index in [0.29, 0.717) is 32.1 Å². The van der Waals surface area contributed by atoms with Gasteiger partial charge >= 0.3 is 6.09 Å². The van der Waals surface area contributed by atoms with E-state index >= 15 is 0 Å². The zero-order valence-corrected chi connectivity index (χ0v) is 15.6. The van der Waals surface area contributed by atoms with Gasteiger partial charge < -0.3 is 25.1 Å². The predicted octanol–water partition coefficient (Wildman–Crippen LogP) is 2.46. The SMILES string of the molecule is C=C(C)CN=C(NCCNC(=O)OC(C)(C)C)NCCc1ccco1. The van der Waals surface area contributed by atoms with Crippen LogP contribution in [-0.2, 0) is 11.2 Å². The molecule has 0 atom stereocenters. The third-order valence-corrected chi connectivity index (χ3v) is 2.84. The monoisotopic (exact) mass is 350 g/mol. The maximum absolute atomic E-state index is 11.6. The Balaban J connectivity index is 2.33. The van der Waals surface area contributed by atoms with Crippen LogP contribution in [0.4, 0.5) is 4.79 Å². The van der Waals surface area contributed by atoms with Gasteiger partial charge in [-0.25, -0.2) is 9.79 Å². The number of guanidine groups is 1. The van der Waals surface area contributed by atoms with Crippen molar-refractivity contribution in [1.82, 2.24) is 16.0 Å². The van der Waals surface area contributed by atoms with Gasteiger partial charge in [0.1, 0.15) is 11.4 Å². The second-order valence-electron chi connectivity index (χ2n) is 6.73. The minimum absolute atomic E-state index is 0.430. The lowest BCUT2D eigenvalue weighted by Crippen LogP contribution is -2.43. The molecule has 140 valence electrons. The fraction of sp³-hybridized carbons (Fsp3) is 0.556. The van der Waals surface area contributed by atoms with Gasteiger partial charge in [-0.2, -0.15) is 0 Å². The molecule has 7 nitrogen and oxygen atoms in total. The molecule has 1 amide bonds. The summed E-state index contributed by atoms with van der Waals surface area (Å²) in [7, 11) is 0. The molecule has 25 heavy (non-hydrogen) atoms. The van der Waals surface area contributed by atoms with E-state index in [0.717, 1.165) is 17.8 Å². The van der Waals surface area contributed by atoms with E-state index in [1.165, 1.54) is 0 Å². The molecule has 0 fully saturated rings. The Morgan fingerprint density at radius 3 is 2.52 bits per heavy atom. The maximum Gasteiger partial charge on any atom is 0.407 e. The summed E-state index contributed by atoms with van der Waals surface area (Å²) >= 11 is 0. The third-order valence-electron chi connectivity index (χ3n) is 2.84. The third kappa shape index (κ3) is 10.9. The Hall–Kier alpha value is -2.44. The minimum Gasteiger partial charge on any atom is -0.469 e. The van der Waals surface area contributed by atoms with Crippen LogP contribution in [0.3, 0.4) is 0 Å². The molecule has 0 saturated carbocycles. The molecule has 0 bridgehead atoms. The summed E-state index contributed by atoms with van der Waals surface area (Å²) in [5.74, 6) is 1.58. The van der Waals surface area contributed by atoms with Crippen LogP contribution in [0.2, 0.25) is 0 Å². The topological polar surface area (TPSA) is 87.9 Å². The molecule has 1 aromatic rings. The van der Waals surface area contributed by atoms with Crippen LogP contribution in [-0.4, -0.2) is 43.8 Å². The molecule has 0 aliphatic carbocycles. The average molecular weight is 350 g/mol. The zero-order chi connectivity index (χ0) is 18.7. The predicted molar refractivity (Wildman–Crippen MR) is 99.8 cm³/mol. The number of hydrogen-bond acceptors (Lipinski definition) is 4. The largest absolute Gasteiger partial charge is 0.469 e. The Morgan fingerprint density at radius 1 is 1.24 bits per heavy atom. The van der Waals surface area contributed by atoms with Crippen molar-refractivity contribution in [2.45, 2.75) is 39.7 Å². The van der Waals surface area contributed by atoms with Gasteiger partial charge in [-0.1, -0.05) is 12.2 Å². The molecule has 0 aromatic carbocycles. The summed E-state index contributed by atoms with van der Waals surface area (Å²) in [6.07, 6.45) is 1.99. The van der Waals surface area contributed by atoms with Gasteiger partial charge in [0, 0.05) is 26.1 Å². The van der Waals surface area contributed by atoms with Crippen LogP contribution in [0.5, 0.6) is 0 Å². The molecule has 1 heterocycles. The van der Waals surface area contributed by atoms with E-state index in [1.807, 2.05) is 39.8 Å². The van der Waals surface area contributed by atoms with E-state index in [-0.39, 0.29) is 0 Å². The minimum atomic E-state index is -0.501. The van der Waals surface area contributed by atoms with Gasteiger partial charge in [0.2, 0.25) is 0 Å². The van der Waals surface area contributed by atoms with Crippen molar-refractivity contribution < 1.29 is 13.9 Å². The lowest BCUT2D eigenvalue weighted by Gasteiger charge is -2.20. The second-order valence-corrected chi connectivity index (χ2v) is 6.73. The van der Waals surface area contributed by atoms with Crippen LogP contribution in [0.15, 0.2) is 40.0 Å². The lowest BCUT2D eigenvalue weighted by atomic mass is 10.2. The number of nitrogens with one attached hydrogen (secondary N) is 3. The molecule has 3 N–H and O–H groups in total. The zero-order valence-electron chi connectivity index (χ0n) is 15.6. The lowest BCUT2D eigenvalue weighted by molar-refractivity contribution is 0.0529. The molecule has 7 heteroatoms. The summed E-state index contributed by atoms with van der Waals surface area (Å²) < 4.78 is 10.5. The summed E-state index contributed by atoms with van der Waals surface area (Å²) in [5.41, 5.74) is 0.470. The van der Waals surface area contributed by atoms with Crippen molar-refractivity contribution in [3.05, 3.63) is 36.3 Å². The van der Waals surface area contributed by atoms with Crippen molar-refractivity contribution >= 4 is 12.1 Å². The Morgan fingerprint density at radius 2 is 1.92 bits per heavy atom. The first kappa shape index (κ1) is 20.6. The fourth-order valence-electron chi connectivity index (χ4n) is 1.81. The highest BCUT2D eigenvalue weighted by atomic mass is 16.6. The van der Waals surface area contributed by atoms with Crippen LogP contribution in [0.1, 0.15) is 33.5 Å². The van der Waals surface area contributed by atoms with Gasteiger partial charge in [-0.3, -0.25) is 0 Å². The van der Waals surface area contributed by atoms with Gasteiger partial charge in [-0.05, 0) is 39.8 Å². The normalized spacial score (nSPS) is 11.8. The summed E-state index contributed by atoms with van der Waals surface area (Å²) in [6, 6.07) is 3.80. The molecule has 1 rings (SSSR count). The first-order chi connectivity index (χ1) is 11.8. The Bertz CT molecular complexity index is 559. The highest BCUT2D eigenvalue weighted by Gasteiger charge is 2.15. The molecular weight excluding hydrogens is 320 g/mol. The summed E-state index contributed by atoms with van der Waals surface area (Å²) in [4.78, 5) is 16.0. The standard InChI is InChI=1S/C18H30N4O3/c1-14(2)13-22-16(19-9-8-15-7-6-12-24-15)20-10-11-21-17(23)25-18(3,4)5/h6-7,12H,1,8-11,13H2,2-5H3,(H,21,23)(H2,19,20,22). The van der Waals surface area contributed by atoms with E-state index in [4.69, 9.17) is 9.15 Å². The first-order valence-electron chi connectivity index (χ1n) is 8.42. The van der Waals surface area contributed by atoms with Crippen molar-refractivity contribution in [2.75, 3.05) is 26.2 Å². The number of aliphatic imine (C=N–C) groups is 1. The summed E-state index contributed by atoms with van der Waals surface area (Å²) in [5, 5.41) is 9.10. The number of nitrogens with zero attached hydrogens (tertiary/aromatic N) is 1. The molecule has 0 aliphatic rings. The molecule has 0 unspecified atom stereocenters. The van der Waals surface area contributed by atoms with Crippen molar-refractivity contribution in [3.63, 3.8) is 0 Å². The van der Waals surface area contributed by atoms with E-state index in [9.17, 15) is 4.79 Å². The maximum atomic E-state index is 11.6. The van der Waals surface area contributed by atoms with Gasteiger partial charge in [0.05, 0.1) is 12.8 Å². The van der Waals surface area contributed by atoms with Crippen molar-refractivity contribution in [3.8, 4) is 0 Å². The van der Waals surface area contributed by atoms with Gasteiger partial charge in [-0.15, -0.1) is 0 Å². The van der Waals surface area contributed by atoms with E-state index in [2.05, 4.69) is 27.5 Å². The quantitative estimate of drug-likeness (QED) is 0.290. The smallest absolute Gasteiger partial charge is 0.407 e. The number of hydrogen-bond donors (Lipinski definition) is 3. The number of carbonyl (C=O) groups is 1. The number of furan rings is 1. The number of ether oxygens (including phenoxy) is 1. The summed E-state index contributed by atoms with van der Waals surface area (Å²) in [6.45, 7) is 13.5. The number of carbonyl (C=O) groups excluding carboxylic acids is 1. The van der Waals surface area contributed by atoms with E-state index in [1.54, 1.807) is 6.26 Å². The highest BCUT2D eigenvalue weighted by molar-refractivity contribution is 5.80. The van der Waals surface area contributed by atoms with Crippen LogP contribution in [0, 0.1) is 0 Å². The van der Waals surface area contributed by atoms with Crippen LogP contribution in [0.25, 0.3) is 0 Å². The number of amides is 1. The Kier molecular flexibility index (Phi) is 8.60. The van der Waals surface area contributed by atoms with Crippen molar-refractivity contribution in [1.29, 1.82) is 0 Å². The second kappa shape index (κ2) is 10.4. The molecule has 0 aliphatic heterocycles. The molecule has 0 saturated heterocycles. The highest BCUT2D eigenvalue weighted by Crippen LogP contribution is 2.06. The van der Waals surface area contributed by atoms with Gasteiger partial charge in [0.25, 0.3) is 0 Å². The number of alkyl carbamates (subject to hydrolysis) is 1. The molecule has 0 spiro atoms. The van der Waals surface area contributed by atoms with Gasteiger partial charge in [0.15, 0.2) is 5.96 Å².